The first-order valence-corrected chi connectivity index (χ1v) is 7.31. The van der Waals surface area contributed by atoms with Gasteiger partial charge in [-0.2, -0.15) is 0 Å². The van der Waals surface area contributed by atoms with Crippen molar-refractivity contribution < 1.29 is 9.90 Å². The third-order valence-electron chi connectivity index (χ3n) is 3.51. The molecule has 0 radical (unpaired) electrons. The quantitative estimate of drug-likeness (QED) is 0.833. The Hall–Kier alpha value is -2.01. The van der Waals surface area contributed by atoms with Gasteiger partial charge in [-0.25, -0.2) is 0 Å². The fraction of sp³-hybridized carbons (Fsp3) is 0.188. The van der Waals surface area contributed by atoms with Crippen molar-refractivity contribution in [2.45, 2.75) is 13.0 Å². The largest absolute Gasteiger partial charge is 0.508 e. The Morgan fingerprint density at radius 3 is 2.62 bits per heavy atom. The first-order valence-electron chi connectivity index (χ1n) is 6.52. The molecule has 1 atom stereocenters. The predicted molar refractivity (Wildman–Crippen MR) is 87.2 cm³/mol. The summed E-state index contributed by atoms with van der Waals surface area (Å²) >= 11 is 3.37. The van der Waals surface area contributed by atoms with Crippen LogP contribution in [-0.4, -0.2) is 23.0 Å². The number of rotatable bonds is 3. The number of carbonyl (C=O) groups is 1. The number of benzene rings is 2. The summed E-state index contributed by atoms with van der Waals surface area (Å²) in [5, 5.41) is 9.91. The molecule has 0 saturated heterocycles. The zero-order valence-corrected chi connectivity index (χ0v) is 13.5. The van der Waals surface area contributed by atoms with Crippen LogP contribution in [0.4, 0.5) is 5.69 Å². The molecule has 0 spiro atoms. The minimum atomic E-state index is -0.257. The fourth-order valence-electron chi connectivity index (χ4n) is 2.12. The Morgan fingerprint density at radius 2 is 1.95 bits per heavy atom. The van der Waals surface area contributed by atoms with Gasteiger partial charge in [0.2, 0.25) is 0 Å². The summed E-state index contributed by atoms with van der Waals surface area (Å²) in [5.74, 6) is 0.0150. The van der Waals surface area contributed by atoms with E-state index in [9.17, 15) is 9.90 Å². The van der Waals surface area contributed by atoms with E-state index in [1.54, 1.807) is 48.3 Å². The second-order valence-electron chi connectivity index (χ2n) is 4.89. The molecule has 0 heterocycles. The van der Waals surface area contributed by atoms with Gasteiger partial charge in [0.1, 0.15) is 5.75 Å². The fourth-order valence-corrected chi connectivity index (χ4v) is 2.54. The van der Waals surface area contributed by atoms with Crippen molar-refractivity contribution in [3.8, 4) is 5.75 Å². The number of nitrogens with two attached hydrogens (primary N) is 1. The molecule has 0 fully saturated rings. The molecule has 0 bridgehead atoms. The summed E-state index contributed by atoms with van der Waals surface area (Å²) in [6, 6.07) is 11.9. The van der Waals surface area contributed by atoms with Crippen LogP contribution in [0.25, 0.3) is 0 Å². The molecule has 0 aliphatic rings. The Morgan fingerprint density at radius 1 is 1.29 bits per heavy atom. The molecule has 2 rings (SSSR count). The van der Waals surface area contributed by atoms with Crippen LogP contribution in [0.5, 0.6) is 5.75 Å². The van der Waals surface area contributed by atoms with Crippen molar-refractivity contribution in [2.75, 3.05) is 12.8 Å². The van der Waals surface area contributed by atoms with Gasteiger partial charge in [0.05, 0.1) is 11.6 Å². The first-order chi connectivity index (χ1) is 9.91. The maximum atomic E-state index is 12.6. The molecular formula is C16H17BrN2O2. The van der Waals surface area contributed by atoms with E-state index in [-0.39, 0.29) is 17.7 Å². The number of carbonyl (C=O) groups excluding carboxylic acids is 1. The summed E-state index contributed by atoms with van der Waals surface area (Å²) in [4.78, 5) is 14.2. The number of nitrogens with zero attached hydrogens (tertiary/aromatic N) is 1. The third-order valence-corrected chi connectivity index (χ3v) is 4.20. The molecule has 2 aromatic carbocycles. The maximum absolute atomic E-state index is 12.6. The minimum absolute atomic E-state index is 0.162. The average Bonchev–Trinajstić information content (AvgIpc) is 2.48. The number of anilines is 1. The summed E-state index contributed by atoms with van der Waals surface area (Å²) in [7, 11) is 1.70. The number of hydrogen-bond donors (Lipinski definition) is 2. The lowest BCUT2D eigenvalue weighted by molar-refractivity contribution is 0.0740. The van der Waals surface area contributed by atoms with Crippen molar-refractivity contribution in [3.05, 3.63) is 58.1 Å². The van der Waals surface area contributed by atoms with Crippen molar-refractivity contribution in [1.82, 2.24) is 4.90 Å². The zero-order valence-electron chi connectivity index (χ0n) is 11.9. The zero-order chi connectivity index (χ0) is 15.6. The number of nitrogen functional groups attached to an aromatic ring is 1. The van der Waals surface area contributed by atoms with E-state index in [1.165, 1.54) is 0 Å². The highest BCUT2D eigenvalue weighted by atomic mass is 79.9. The lowest BCUT2D eigenvalue weighted by Gasteiger charge is -2.26. The van der Waals surface area contributed by atoms with Crippen molar-refractivity contribution in [2.24, 2.45) is 0 Å². The van der Waals surface area contributed by atoms with Gasteiger partial charge in [-0.05, 0) is 47.1 Å². The van der Waals surface area contributed by atoms with E-state index >= 15 is 0 Å². The molecule has 1 unspecified atom stereocenters. The van der Waals surface area contributed by atoms with Gasteiger partial charge in [-0.3, -0.25) is 4.79 Å². The average molecular weight is 349 g/mol. The lowest BCUT2D eigenvalue weighted by atomic mass is 10.0. The Bertz CT molecular complexity index is 673. The summed E-state index contributed by atoms with van der Waals surface area (Å²) in [5.41, 5.74) is 7.48. The van der Waals surface area contributed by atoms with Gasteiger partial charge in [-0.15, -0.1) is 0 Å². The second-order valence-corrected chi connectivity index (χ2v) is 5.74. The van der Waals surface area contributed by atoms with Gasteiger partial charge in [0.15, 0.2) is 0 Å². The van der Waals surface area contributed by atoms with Gasteiger partial charge < -0.3 is 15.7 Å². The molecule has 0 aliphatic heterocycles. The SMILES string of the molecule is CC(c1ccccc1O)N(C)C(=O)c1cc(N)ccc1Br. The highest BCUT2D eigenvalue weighted by Gasteiger charge is 2.22. The monoisotopic (exact) mass is 348 g/mol. The molecule has 21 heavy (non-hydrogen) atoms. The van der Waals surface area contributed by atoms with E-state index < -0.39 is 0 Å². The number of para-hydroxylation sites is 1. The molecule has 110 valence electrons. The molecule has 3 N–H and O–H groups in total. The van der Waals surface area contributed by atoms with Gasteiger partial charge in [0.25, 0.3) is 5.91 Å². The number of halogens is 1. The molecule has 2 aromatic rings. The minimum Gasteiger partial charge on any atom is -0.508 e. The Balaban J connectivity index is 2.31. The number of phenols is 1. The number of phenolic OH excluding ortho intramolecular Hbond substituents is 1. The molecule has 4 nitrogen and oxygen atoms in total. The van der Waals surface area contributed by atoms with E-state index in [1.807, 2.05) is 13.0 Å². The Labute approximate surface area is 132 Å². The Kier molecular flexibility index (Phi) is 4.53. The van der Waals surface area contributed by atoms with E-state index in [0.717, 1.165) is 0 Å². The smallest absolute Gasteiger partial charge is 0.255 e. The van der Waals surface area contributed by atoms with Crippen molar-refractivity contribution in [1.29, 1.82) is 0 Å². The van der Waals surface area contributed by atoms with Crippen LogP contribution < -0.4 is 5.73 Å². The van der Waals surface area contributed by atoms with Crippen LogP contribution in [0, 0.1) is 0 Å². The van der Waals surface area contributed by atoms with Crippen LogP contribution in [0.2, 0.25) is 0 Å². The van der Waals surface area contributed by atoms with E-state index in [2.05, 4.69) is 15.9 Å². The summed E-state index contributed by atoms with van der Waals surface area (Å²) < 4.78 is 0.693. The molecule has 0 aliphatic carbocycles. The van der Waals surface area contributed by atoms with E-state index in [4.69, 9.17) is 5.73 Å². The highest BCUT2D eigenvalue weighted by molar-refractivity contribution is 9.10. The third kappa shape index (κ3) is 3.19. The van der Waals surface area contributed by atoms with Crippen LogP contribution in [0.15, 0.2) is 46.9 Å². The van der Waals surface area contributed by atoms with Crippen LogP contribution in [0.3, 0.4) is 0 Å². The van der Waals surface area contributed by atoms with Crippen molar-refractivity contribution >= 4 is 27.5 Å². The molecule has 5 heteroatoms. The van der Waals surface area contributed by atoms with Gasteiger partial charge in [-0.1, -0.05) is 18.2 Å². The number of aromatic hydroxyl groups is 1. The maximum Gasteiger partial charge on any atom is 0.255 e. The highest BCUT2D eigenvalue weighted by Crippen LogP contribution is 2.29. The lowest BCUT2D eigenvalue weighted by Crippen LogP contribution is -2.30. The van der Waals surface area contributed by atoms with Gasteiger partial charge >= 0.3 is 0 Å². The van der Waals surface area contributed by atoms with Crippen molar-refractivity contribution in [3.63, 3.8) is 0 Å². The summed E-state index contributed by atoms with van der Waals surface area (Å²) in [6.45, 7) is 1.87. The predicted octanol–water partition coefficient (Wildman–Crippen LogP) is 3.57. The molecule has 0 aromatic heterocycles. The van der Waals surface area contributed by atoms with Crippen LogP contribution in [-0.2, 0) is 0 Å². The van der Waals surface area contributed by atoms with Gasteiger partial charge in [0, 0.05) is 22.8 Å². The molecule has 0 saturated carbocycles. The molecular weight excluding hydrogens is 332 g/mol. The van der Waals surface area contributed by atoms with Crippen LogP contribution in [0.1, 0.15) is 28.9 Å². The topological polar surface area (TPSA) is 66.6 Å². The first kappa shape index (κ1) is 15.4. The van der Waals surface area contributed by atoms with Crippen LogP contribution >= 0.6 is 15.9 Å². The normalized spacial score (nSPS) is 12.0. The summed E-state index contributed by atoms with van der Waals surface area (Å²) in [6.07, 6.45) is 0. The second kappa shape index (κ2) is 6.18. The number of amides is 1. The standard InChI is InChI=1S/C16H17BrN2O2/c1-10(12-5-3-4-6-15(12)20)19(2)16(21)13-9-11(18)7-8-14(13)17/h3-10,20H,18H2,1-2H3. The molecule has 1 amide bonds. The van der Waals surface area contributed by atoms with E-state index in [0.29, 0.717) is 21.3 Å². The number of hydrogen-bond acceptors (Lipinski definition) is 3.